The monoisotopic (exact) mass is 311 g/mol. The van der Waals surface area contributed by atoms with E-state index in [2.05, 4.69) is 20.3 Å². The van der Waals surface area contributed by atoms with Gasteiger partial charge >= 0.3 is 0 Å². The number of aliphatic hydroxyl groups excluding tert-OH is 1. The van der Waals surface area contributed by atoms with Crippen LogP contribution in [0.4, 0.5) is 11.8 Å². The number of aliphatic hydroxyl groups is 1. The topological polar surface area (TPSA) is 106 Å². The van der Waals surface area contributed by atoms with E-state index in [4.69, 9.17) is 10.5 Å². The van der Waals surface area contributed by atoms with Crippen LogP contribution in [0.25, 0.3) is 16.5 Å². The molecule has 0 unspecified atom stereocenters. The number of nitrogen functional groups attached to an aromatic ring is 1. The van der Waals surface area contributed by atoms with E-state index in [-0.39, 0.29) is 12.0 Å². The number of nitrogens with two attached hydrogens (primary N) is 1. The molecule has 7 heteroatoms. The van der Waals surface area contributed by atoms with Crippen molar-refractivity contribution < 1.29 is 9.84 Å². The van der Waals surface area contributed by atoms with E-state index in [0.29, 0.717) is 25.6 Å². The summed E-state index contributed by atoms with van der Waals surface area (Å²) in [5.41, 5.74) is 8.83. The number of nitrogens with one attached hydrogen (secondary N) is 1. The fraction of sp³-hybridized carbons (Fsp3) is 0.312. The van der Waals surface area contributed by atoms with Gasteiger partial charge in [0.15, 0.2) is 0 Å². The first-order valence-electron chi connectivity index (χ1n) is 7.50. The molecular formula is C16H17N5O2. The van der Waals surface area contributed by atoms with E-state index >= 15 is 0 Å². The molecule has 0 radical (unpaired) electrons. The molecule has 118 valence electrons. The highest BCUT2D eigenvalue weighted by molar-refractivity contribution is 5.95. The first-order chi connectivity index (χ1) is 11.2. The van der Waals surface area contributed by atoms with Gasteiger partial charge in [0, 0.05) is 11.6 Å². The second kappa shape index (κ2) is 5.60. The van der Waals surface area contributed by atoms with Gasteiger partial charge in [-0.15, -0.1) is 0 Å². The number of hydrogen-bond donors (Lipinski definition) is 3. The fourth-order valence-corrected chi connectivity index (χ4v) is 2.85. The molecule has 7 nitrogen and oxygen atoms in total. The molecule has 1 aromatic heterocycles. The molecule has 2 atom stereocenters. The summed E-state index contributed by atoms with van der Waals surface area (Å²) in [7, 11) is 0. The molecule has 2 aliphatic heterocycles. The first kappa shape index (κ1) is 14.1. The number of aliphatic imine (C=N–C) groups is 1. The van der Waals surface area contributed by atoms with Crippen LogP contribution >= 0.6 is 0 Å². The van der Waals surface area contributed by atoms with Crippen LogP contribution < -0.4 is 11.1 Å². The Morgan fingerprint density at radius 3 is 2.91 bits per heavy atom. The minimum atomic E-state index is -0.554. The van der Waals surface area contributed by atoms with Crippen molar-refractivity contribution in [1.82, 2.24) is 9.97 Å². The molecule has 23 heavy (non-hydrogen) atoms. The highest BCUT2D eigenvalue weighted by Gasteiger charge is 2.27. The molecule has 0 bridgehead atoms. The Labute approximate surface area is 132 Å². The molecule has 2 aromatic rings. The number of rotatable bonds is 3. The Morgan fingerprint density at radius 2 is 2.17 bits per heavy atom. The van der Waals surface area contributed by atoms with Gasteiger partial charge in [-0.05, 0) is 29.3 Å². The van der Waals surface area contributed by atoms with Crippen molar-refractivity contribution in [2.75, 3.05) is 30.8 Å². The number of nitrogens with zero attached hydrogens (tertiary/aromatic N) is 3. The summed E-state index contributed by atoms with van der Waals surface area (Å²) in [6.07, 6.45) is 3.25. The van der Waals surface area contributed by atoms with Crippen LogP contribution in [0.2, 0.25) is 0 Å². The van der Waals surface area contributed by atoms with Crippen molar-refractivity contribution in [3.05, 3.63) is 29.8 Å². The maximum Gasteiger partial charge on any atom is 0.222 e. The number of ether oxygens (including phenoxy) is 1. The average Bonchev–Trinajstić information content (AvgIpc) is 3.19. The zero-order valence-corrected chi connectivity index (χ0v) is 12.4. The summed E-state index contributed by atoms with van der Waals surface area (Å²) in [4.78, 5) is 12.8. The summed E-state index contributed by atoms with van der Waals surface area (Å²) < 4.78 is 5.26. The van der Waals surface area contributed by atoms with Crippen LogP contribution in [0.1, 0.15) is 5.56 Å². The fourth-order valence-electron chi connectivity index (χ4n) is 2.85. The molecular weight excluding hydrogens is 294 g/mol. The van der Waals surface area contributed by atoms with Crippen molar-refractivity contribution in [3.63, 3.8) is 0 Å². The molecule has 0 amide bonds. The van der Waals surface area contributed by atoms with E-state index in [9.17, 15) is 5.11 Å². The Morgan fingerprint density at radius 1 is 1.26 bits per heavy atom. The molecule has 1 fully saturated rings. The third-order valence-corrected chi connectivity index (χ3v) is 4.10. The van der Waals surface area contributed by atoms with E-state index < -0.39 is 6.10 Å². The summed E-state index contributed by atoms with van der Waals surface area (Å²) in [6.45, 7) is 1.45. The Kier molecular flexibility index (Phi) is 3.44. The largest absolute Gasteiger partial charge is 0.388 e. The molecule has 4 N–H and O–H groups in total. The van der Waals surface area contributed by atoms with Crippen LogP contribution in [0.5, 0.6) is 0 Å². The van der Waals surface area contributed by atoms with Crippen LogP contribution in [-0.4, -0.2) is 53.2 Å². The van der Waals surface area contributed by atoms with Gasteiger partial charge in [-0.2, -0.15) is 4.98 Å². The van der Waals surface area contributed by atoms with Crippen molar-refractivity contribution in [1.29, 1.82) is 0 Å². The number of benzene rings is 1. The molecule has 0 spiro atoms. The smallest absolute Gasteiger partial charge is 0.222 e. The van der Waals surface area contributed by atoms with Gasteiger partial charge in [0.25, 0.3) is 0 Å². The zero-order valence-electron chi connectivity index (χ0n) is 12.4. The third-order valence-electron chi connectivity index (χ3n) is 4.10. The molecule has 2 aliphatic rings. The molecule has 3 heterocycles. The standard InChI is InChI=1S/C16H17N5O2/c17-16-20-12-5-9(10-3-4-18-6-10)1-2-11(12)15(21-16)19-13-7-23-8-14(13)22/h1-5,13-14,22H,6-8H2,(H3,17,19,20,21)/t13-,14-/m1/s1. The Hall–Kier alpha value is -2.51. The SMILES string of the molecule is Nc1nc(N[C@@H]2COC[C@H]2O)c2ccc(C3=CC=NC3)cc2n1. The van der Waals surface area contributed by atoms with Crippen molar-refractivity contribution >= 4 is 34.5 Å². The summed E-state index contributed by atoms with van der Waals surface area (Å²) in [5.74, 6) is 0.812. The van der Waals surface area contributed by atoms with E-state index in [1.54, 1.807) is 0 Å². The van der Waals surface area contributed by atoms with Gasteiger partial charge in [-0.25, -0.2) is 4.98 Å². The van der Waals surface area contributed by atoms with Crippen LogP contribution in [0.3, 0.4) is 0 Å². The van der Waals surface area contributed by atoms with Crippen molar-refractivity contribution in [3.8, 4) is 0 Å². The summed E-state index contributed by atoms with van der Waals surface area (Å²) >= 11 is 0. The summed E-state index contributed by atoms with van der Waals surface area (Å²) in [6, 6.07) is 5.78. The highest BCUT2D eigenvalue weighted by Crippen LogP contribution is 2.27. The van der Waals surface area contributed by atoms with Gasteiger partial charge in [-0.1, -0.05) is 6.07 Å². The van der Waals surface area contributed by atoms with Crippen LogP contribution in [-0.2, 0) is 4.74 Å². The molecule has 1 saturated heterocycles. The second-order valence-electron chi connectivity index (χ2n) is 5.70. The Balaban J connectivity index is 1.73. The lowest BCUT2D eigenvalue weighted by Crippen LogP contribution is -2.32. The van der Waals surface area contributed by atoms with Crippen molar-refractivity contribution in [2.45, 2.75) is 12.1 Å². The number of allylic oxidation sites excluding steroid dienone is 1. The normalized spacial score (nSPS) is 23.4. The first-order valence-corrected chi connectivity index (χ1v) is 7.50. The van der Waals surface area contributed by atoms with Crippen molar-refractivity contribution in [2.24, 2.45) is 4.99 Å². The van der Waals surface area contributed by atoms with Gasteiger partial charge in [0.1, 0.15) is 5.82 Å². The molecule has 4 rings (SSSR count). The van der Waals surface area contributed by atoms with Gasteiger partial charge < -0.3 is 20.9 Å². The van der Waals surface area contributed by atoms with E-state index in [0.717, 1.165) is 22.0 Å². The predicted molar refractivity (Wildman–Crippen MR) is 89.5 cm³/mol. The highest BCUT2D eigenvalue weighted by atomic mass is 16.5. The maximum atomic E-state index is 9.90. The summed E-state index contributed by atoms with van der Waals surface area (Å²) in [5, 5.41) is 14.0. The van der Waals surface area contributed by atoms with E-state index in [1.165, 1.54) is 0 Å². The van der Waals surface area contributed by atoms with Crippen LogP contribution in [0.15, 0.2) is 29.3 Å². The number of aromatic nitrogens is 2. The van der Waals surface area contributed by atoms with Gasteiger partial charge in [-0.3, -0.25) is 4.99 Å². The van der Waals surface area contributed by atoms with E-state index in [1.807, 2.05) is 30.5 Å². The van der Waals surface area contributed by atoms with Crippen LogP contribution in [0, 0.1) is 0 Å². The molecule has 0 aliphatic carbocycles. The zero-order chi connectivity index (χ0) is 15.8. The lowest BCUT2D eigenvalue weighted by Gasteiger charge is -2.17. The minimum absolute atomic E-state index is 0.196. The maximum absolute atomic E-state index is 9.90. The third kappa shape index (κ3) is 2.64. The lowest BCUT2D eigenvalue weighted by molar-refractivity contribution is 0.125. The average molecular weight is 311 g/mol. The lowest BCUT2D eigenvalue weighted by atomic mass is 10.0. The second-order valence-corrected chi connectivity index (χ2v) is 5.70. The minimum Gasteiger partial charge on any atom is -0.388 e. The van der Waals surface area contributed by atoms with Gasteiger partial charge in [0.2, 0.25) is 5.95 Å². The predicted octanol–water partition coefficient (Wildman–Crippen LogP) is 0.851. The Bertz CT molecular complexity index is 817. The van der Waals surface area contributed by atoms with Gasteiger partial charge in [0.05, 0.1) is 37.4 Å². The quantitative estimate of drug-likeness (QED) is 0.776. The number of hydrogen-bond acceptors (Lipinski definition) is 7. The number of fused-ring (bicyclic) bond motifs is 1. The molecule has 1 aromatic carbocycles. The molecule has 0 saturated carbocycles. The number of anilines is 2.